The molecule has 0 aliphatic rings. The average Bonchev–Trinajstić information content (AvgIpc) is 3.43. The minimum atomic E-state index is 0.532. The lowest BCUT2D eigenvalue weighted by atomic mass is 10.2. The van der Waals surface area contributed by atoms with Gasteiger partial charge in [-0.1, -0.05) is 23.7 Å². The highest BCUT2D eigenvalue weighted by molar-refractivity contribution is 6.31. The van der Waals surface area contributed by atoms with E-state index in [9.17, 15) is 0 Å². The molecule has 0 saturated carbocycles. The van der Waals surface area contributed by atoms with Crippen LogP contribution >= 0.6 is 11.6 Å². The first-order chi connectivity index (χ1) is 14.7. The molecule has 0 spiro atoms. The van der Waals surface area contributed by atoms with Crippen molar-refractivity contribution in [2.45, 2.75) is 6.54 Å². The second-order valence-corrected chi connectivity index (χ2v) is 7.33. The summed E-state index contributed by atoms with van der Waals surface area (Å²) in [6, 6.07) is 17.1. The van der Waals surface area contributed by atoms with Crippen LogP contribution in [0.15, 0.2) is 65.3 Å². The number of anilines is 1. The predicted molar refractivity (Wildman–Crippen MR) is 116 cm³/mol. The monoisotopic (exact) mass is 419 g/mol. The third-order valence-electron chi connectivity index (χ3n) is 4.95. The van der Waals surface area contributed by atoms with Crippen LogP contribution in [-0.4, -0.2) is 33.7 Å². The molecule has 0 atom stereocenters. The molecule has 0 N–H and O–H groups in total. The molecule has 0 aliphatic carbocycles. The van der Waals surface area contributed by atoms with Crippen LogP contribution in [-0.2, 0) is 6.54 Å². The zero-order chi connectivity index (χ0) is 20.7. The number of hydrogen-bond acceptors (Lipinski definition) is 6. The summed E-state index contributed by atoms with van der Waals surface area (Å²) in [5.41, 5.74) is 2.27. The number of rotatable bonds is 5. The van der Waals surface area contributed by atoms with Crippen molar-refractivity contribution in [3.63, 3.8) is 0 Å². The molecule has 0 aliphatic heterocycles. The van der Waals surface area contributed by atoms with Crippen molar-refractivity contribution in [2.75, 3.05) is 19.1 Å². The summed E-state index contributed by atoms with van der Waals surface area (Å²) in [6.45, 7) is 0.532. The number of methoxy groups -OCH3 is 1. The van der Waals surface area contributed by atoms with E-state index in [0.29, 0.717) is 34.7 Å². The SMILES string of the molecule is COc1ccccc1-c1nnc2c3ccc(Cl)cc3nc(N(C)Cc3ccco3)n12. The summed E-state index contributed by atoms with van der Waals surface area (Å²) in [4.78, 5) is 6.90. The van der Waals surface area contributed by atoms with Gasteiger partial charge >= 0.3 is 0 Å². The van der Waals surface area contributed by atoms with Gasteiger partial charge in [-0.05, 0) is 42.5 Å². The van der Waals surface area contributed by atoms with E-state index >= 15 is 0 Å². The third kappa shape index (κ3) is 3.04. The first kappa shape index (κ1) is 18.4. The highest BCUT2D eigenvalue weighted by Crippen LogP contribution is 2.33. The molecule has 3 aromatic heterocycles. The highest BCUT2D eigenvalue weighted by Gasteiger charge is 2.21. The maximum atomic E-state index is 6.23. The van der Waals surface area contributed by atoms with E-state index < -0.39 is 0 Å². The molecule has 0 bridgehead atoms. The quantitative estimate of drug-likeness (QED) is 0.406. The Kier molecular flexibility index (Phi) is 4.52. The Hall–Kier alpha value is -3.58. The number of para-hydroxylation sites is 1. The lowest BCUT2D eigenvalue weighted by Crippen LogP contribution is -2.21. The second-order valence-electron chi connectivity index (χ2n) is 6.89. The first-order valence-corrected chi connectivity index (χ1v) is 9.75. The molecule has 8 heteroatoms. The largest absolute Gasteiger partial charge is 0.496 e. The predicted octanol–water partition coefficient (Wildman–Crippen LogP) is 4.84. The molecule has 0 amide bonds. The summed E-state index contributed by atoms with van der Waals surface area (Å²) < 4.78 is 13.0. The Labute approximate surface area is 177 Å². The maximum Gasteiger partial charge on any atom is 0.213 e. The van der Waals surface area contributed by atoms with Crippen LogP contribution in [0, 0.1) is 0 Å². The van der Waals surface area contributed by atoms with Crippen LogP contribution < -0.4 is 9.64 Å². The highest BCUT2D eigenvalue weighted by atomic mass is 35.5. The van der Waals surface area contributed by atoms with Gasteiger partial charge < -0.3 is 14.1 Å². The van der Waals surface area contributed by atoms with Gasteiger partial charge in [0.2, 0.25) is 5.95 Å². The third-order valence-corrected chi connectivity index (χ3v) is 5.18. The number of halogens is 1. The standard InChI is InChI=1S/C22H18ClN5O2/c1-27(13-15-6-5-11-30-15)22-24-18-12-14(23)9-10-16(18)20-25-26-21(28(20)22)17-7-3-4-8-19(17)29-2/h3-12H,13H2,1-2H3. The molecule has 5 aromatic rings. The van der Waals surface area contributed by atoms with Gasteiger partial charge in [-0.3, -0.25) is 0 Å². The van der Waals surface area contributed by atoms with Crippen molar-refractivity contribution in [2.24, 2.45) is 0 Å². The van der Waals surface area contributed by atoms with Crippen molar-refractivity contribution in [3.05, 3.63) is 71.6 Å². The van der Waals surface area contributed by atoms with Gasteiger partial charge in [0.1, 0.15) is 11.5 Å². The van der Waals surface area contributed by atoms with Crippen LogP contribution in [0.2, 0.25) is 5.02 Å². The van der Waals surface area contributed by atoms with Crippen molar-refractivity contribution < 1.29 is 9.15 Å². The van der Waals surface area contributed by atoms with E-state index in [4.69, 9.17) is 25.7 Å². The van der Waals surface area contributed by atoms with Gasteiger partial charge in [0.15, 0.2) is 11.5 Å². The maximum absolute atomic E-state index is 6.23. The molecular formula is C22H18ClN5O2. The Bertz CT molecular complexity index is 1350. The van der Waals surface area contributed by atoms with Crippen LogP contribution in [0.1, 0.15) is 5.76 Å². The zero-order valence-electron chi connectivity index (χ0n) is 16.4. The average molecular weight is 420 g/mol. The van der Waals surface area contributed by atoms with E-state index in [1.807, 2.05) is 70.9 Å². The topological polar surface area (TPSA) is 68.7 Å². The summed E-state index contributed by atoms with van der Waals surface area (Å²) >= 11 is 6.23. The normalized spacial score (nSPS) is 11.3. The van der Waals surface area contributed by atoms with E-state index in [1.165, 1.54) is 0 Å². The van der Waals surface area contributed by atoms with Gasteiger partial charge in [-0.25, -0.2) is 9.38 Å². The summed E-state index contributed by atoms with van der Waals surface area (Å²) in [5.74, 6) is 2.85. The van der Waals surface area contributed by atoms with E-state index in [0.717, 1.165) is 22.2 Å². The minimum Gasteiger partial charge on any atom is -0.496 e. The number of benzene rings is 2. The molecular weight excluding hydrogens is 402 g/mol. The summed E-state index contributed by atoms with van der Waals surface area (Å²) in [7, 11) is 3.59. The van der Waals surface area contributed by atoms with Gasteiger partial charge in [0.25, 0.3) is 0 Å². The van der Waals surface area contributed by atoms with Crippen LogP contribution in [0.3, 0.4) is 0 Å². The van der Waals surface area contributed by atoms with Crippen LogP contribution in [0.4, 0.5) is 5.95 Å². The lowest BCUT2D eigenvalue weighted by Gasteiger charge is -2.20. The van der Waals surface area contributed by atoms with Crippen molar-refractivity contribution in [3.8, 4) is 17.1 Å². The second kappa shape index (κ2) is 7.35. The summed E-state index contributed by atoms with van der Waals surface area (Å²) in [6.07, 6.45) is 1.66. The van der Waals surface area contributed by atoms with Gasteiger partial charge in [-0.15, -0.1) is 10.2 Å². The molecule has 0 radical (unpaired) electrons. The molecule has 3 heterocycles. The number of fused-ring (bicyclic) bond motifs is 3. The Morgan fingerprint density at radius 1 is 1.10 bits per heavy atom. The fourth-order valence-electron chi connectivity index (χ4n) is 3.56. The van der Waals surface area contributed by atoms with Gasteiger partial charge in [0, 0.05) is 17.5 Å². The Morgan fingerprint density at radius 3 is 2.77 bits per heavy atom. The van der Waals surface area contributed by atoms with Gasteiger partial charge in [0.05, 0.1) is 31.0 Å². The van der Waals surface area contributed by atoms with E-state index in [1.54, 1.807) is 13.4 Å². The lowest BCUT2D eigenvalue weighted by molar-refractivity contribution is 0.416. The molecule has 0 saturated heterocycles. The van der Waals surface area contributed by atoms with E-state index in [-0.39, 0.29) is 0 Å². The van der Waals surface area contributed by atoms with Gasteiger partial charge in [-0.2, -0.15) is 0 Å². The smallest absolute Gasteiger partial charge is 0.213 e. The van der Waals surface area contributed by atoms with E-state index in [2.05, 4.69) is 10.2 Å². The number of ether oxygens (including phenoxy) is 1. The number of furan rings is 1. The molecule has 0 fully saturated rings. The number of aromatic nitrogens is 4. The molecule has 150 valence electrons. The fourth-order valence-corrected chi connectivity index (χ4v) is 3.73. The minimum absolute atomic E-state index is 0.532. The van der Waals surface area contributed by atoms with Crippen molar-refractivity contribution in [1.82, 2.24) is 19.6 Å². The van der Waals surface area contributed by atoms with Crippen LogP contribution in [0.25, 0.3) is 27.9 Å². The van der Waals surface area contributed by atoms with Crippen molar-refractivity contribution in [1.29, 1.82) is 0 Å². The fraction of sp³-hybridized carbons (Fsp3) is 0.136. The molecule has 2 aromatic carbocycles. The molecule has 30 heavy (non-hydrogen) atoms. The number of hydrogen-bond donors (Lipinski definition) is 0. The zero-order valence-corrected chi connectivity index (χ0v) is 17.2. The molecule has 5 rings (SSSR count). The molecule has 0 unspecified atom stereocenters. The van der Waals surface area contributed by atoms with Crippen LogP contribution in [0.5, 0.6) is 5.75 Å². The molecule has 7 nitrogen and oxygen atoms in total. The first-order valence-electron chi connectivity index (χ1n) is 9.37. The van der Waals surface area contributed by atoms with Crippen molar-refractivity contribution >= 4 is 34.1 Å². The number of nitrogens with zero attached hydrogens (tertiary/aromatic N) is 5. The Balaban J connectivity index is 1.79. The summed E-state index contributed by atoms with van der Waals surface area (Å²) in [5, 5.41) is 10.5. The Morgan fingerprint density at radius 2 is 1.97 bits per heavy atom.